The Kier molecular flexibility index (Phi) is 6.25. The van der Waals surface area contributed by atoms with Gasteiger partial charge in [-0.2, -0.15) is 0 Å². The van der Waals surface area contributed by atoms with Gasteiger partial charge in [0.05, 0.1) is 19.8 Å². The average Bonchev–Trinajstić information content (AvgIpc) is 3.31. The minimum absolute atomic E-state index is 0.213. The minimum Gasteiger partial charge on any atom is -0.494 e. The van der Waals surface area contributed by atoms with Gasteiger partial charge in [-0.3, -0.25) is 0 Å². The Bertz CT molecular complexity index is 462. The van der Waals surface area contributed by atoms with Gasteiger partial charge < -0.3 is 14.2 Å². The van der Waals surface area contributed by atoms with Gasteiger partial charge in [0.15, 0.2) is 5.60 Å². The summed E-state index contributed by atoms with van der Waals surface area (Å²) in [5.41, 5.74) is 0.599. The molecule has 0 aliphatic carbocycles. The molecule has 1 saturated heterocycles. The normalized spacial score (nSPS) is 19.7. The molecule has 0 N–H and O–H groups in total. The van der Waals surface area contributed by atoms with Crippen molar-refractivity contribution >= 4 is 5.97 Å². The van der Waals surface area contributed by atoms with Crippen LogP contribution in [0.15, 0.2) is 24.3 Å². The summed E-state index contributed by atoms with van der Waals surface area (Å²) in [5, 5.41) is 0. The maximum absolute atomic E-state index is 11.8. The second-order valence-electron chi connectivity index (χ2n) is 5.70. The molecule has 1 atom stereocenters. The first-order chi connectivity index (χ1) is 10.7. The quantitative estimate of drug-likeness (QED) is 0.377. The molecule has 1 aromatic carbocycles. The van der Waals surface area contributed by atoms with Gasteiger partial charge in [0.1, 0.15) is 5.75 Å². The number of rotatable bonds is 10. The summed E-state index contributed by atoms with van der Waals surface area (Å²) in [6, 6.07) is 8.21. The smallest absolute Gasteiger partial charge is 0.340 e. The van der Waals surface area contributed by atoms with E-state index in [9.17, 15) is 4.79 Å². The second-order valence-corrected chi connectivity index (χ2v) is 5.70. The highest BCUT2D eigenvalue weighted by Crippen LogP contribution is 2.34. The van der Waals surface area contributed by atoms with E-state index in [4.69, 9.17) is 14.2 Å². The van der Waals surface area contributed by atoms with E-state index >= 15 is 0 Å². The fourth-order valence-corrected chi connectivity index (χ4v) is 2.38. The molecular formula is C18H26O4. The lowest BCUT2D eigenvalue weighted by atomic mass is 10.0. The molecule has 0 saturated carbocycles. The lowest BCUT2D eigenvalue weighted by Gasteiger charge is -2.11. The highest BCUT2D eigenvalue weighted by atomic mass is 16.6. The molecule has 4 heteroatoms. The van der Waals surface area contributed by atoms with Crippen molar-refractivity contribution in [3.63, 3.8) is 0 Å². The number of ether oxygens (including phenoxy) is 3. The Morgan fingerprint density at radius 3 is 2.55 bits per heavy atom. The van der Waals surface area contributed by atoms with Gasteiger partial charge >= 0.3 is 5.97 Å². The van der Waals surface area contributed by atoms with Crippen LogP contribution in [0.1, 0.15) is 45.1 Å². The molecule has 1 unspecified atom stereocenters. The van der Waals surface area contributed by atoms with Crippen LogP contribution in [0.25, 0.3) is 0 Å². The van der Waals surface area contributed by atoms with Gasteiger partial charge in [0.2, 0.25) is 0 Å². The van der Waals surface area contributed by atoms with E-state index in [1.165, 1.54) is 5.56 Å². The zero-order valence-corrected chi connectivity index (χ0v) is 13.6. The summed E-state index contributed by atoms with van der Waals surface area (Å²) < 4.78 is 16.0. The van der Waals surface area contributed by atoms with Gasteiger partial charge in [-0.05, 0) is 50.3 Å². The first-order valence-electron chi connectivity index (χ1n) is 8.23. The number of hydrogen-bond acceptors (Lipinski definition) is 4. The molecule has 22 heavy (non-hydrogen) atoms. The summed E-state index contributed by atoms with van der Waals surface area (Å²) in [7, 11) is 0. The Hall–Kier alpha value is -1.55. The summed E-state index contributed by atoms with van der Waals surface area (Å²) in [5.74, 6) is 0.709. The number of hydrogen-bond donors (Lipinski definition) is 0. The van der Waals surface area contributed by atoms with Crippen molar-refractivity contribution in [3.05, 3.63) is 29.8 Å². The maximum atomic E-state index is 11.8. The maximum Gasteiger partial charge on any atom is 0.340 e. The summed E-state index contributed by atoms with van der Waals surface area (Å²) in [4.78, 5) is 11.8. The van der Waals surface area contributed by atoms with Crippen molar-refractivity contribution < 1.29 is 19.0 Å². The molecule has 1 aliphatic rings. The molecule has 2 rings (SSSR count). The monoisotopic (exact) mass is 306 g/mol. The molecule has 4 nitrogen and oxygen atoms in total. The molecular weight excluding hydrogens is 280 g/mol. The van der Waals surface area contributed by atoms with E-state index in [1.54, 1.807) is 0 Å². The molecule has 1 fully saturated rings. The highest BCUT2D eigenvalue weighted by Gasteiger charge is 2.52. The Morgan fingerprint density at radius 2 is 1.95 bits per heavy atom. The van der Waals surface area contributed by atoms with Crippen LogP contribution in [-0.2, 0) is 20.7 Å². The van der Waals surface area contributed by atoms with Crippen molar-refractivity contribution in [2.75, 3.05) is 19.8 Å². The van der Waals surface area contributed by atoms with Crippen LogP contribution in [0.4, 0.5) is 0 Å². The number of carbonyl (C=O) groups excluding carboxylic acids is 1. The van der Waals surface area contributed by atoms with Gasteiger partial charge in [-0.1, -0.05) is 25.5 Å². The third-order valence-corrected chi connectivity index (χ3v) is 3.88. The third kappa shape index (κ3) is 4.73. The Balaban J connectivity index is 1.72. The van der Waals surface area contributed by atoms with E-state index in [1.807, 2.05) is 19.1 Å². The van der Waals surface area contributed by atoms with Gasteiger partial charge in [0, 0.05) is 0 Å². The molecule has 0 bridgehead atoms. The lowest BCUT2D eigenvalue weighted by Crippen LogP contribution is -2.27. The number of unbranched alkanes of at least 4 members (excludes halogenated alkanes) is 1. The molecule has 0 radical (unpaired) electrons. The van der Waals surface area contributed by atoms with E-state index in [0.29, 0.717) is 13.2 Å². The largest absolute Gasteiger partial charge is 0.494 e. The van der Waals surface area contributed by atoms with Gasteiger partial charge in [0.25, 0.3) is 0 Å². The number of benzene rings is 1. The van der Waals surface area contributed by atoms with Crippen LogP contribution >= 0.6 is 0 Å². The van der Waals surface area contributed by atoms with Crippen molar-refractivity contribution in [1.29, 1.82) is 0 Å². The molecule has 1 aromatic rings. The summed E-state index contributed by atoms with van der Waals surface area (Å²) in [6.07, 6.45) is 4.79. The van der Waals surface area contributed by atoms with Crippen molar-refractivity contribution in [3.8, 4) is 5.75 Å². The predicted octanol–water partition coefficient (Wildman–Crippen LogP) is 3.52. The SMILES string of the molecule is CCCCOc1ccc(CCCC2(C(=O)OCC)CO2)cc1. The van der Waals surface area contributed by atoms with Crippen molar-refractivity contribution in [2.45, 2.75) is 51.6 Å². The van der Waals surface area contributed by atoms with Crippen LogP contribution in [0.2, 0.25) is 0 Å². The molecule has 0 aromatic heterocycles. The second kappa shape index (κ2) is 8.18. The fourth-order valence-electron chi connectivity index (χ4n) is 2.38. The molecule has 1 aliphatic heterocycles. The summed E-state index contributed by atoms with van der Waals surface area (Å²) in [6.45, 7) is 5.64. The number of aryl methyl sites for hydroxylation is 1. The van der Waals surface area contributed by atoms with E-state index in [2.05, 4.69) is 19.1 Å². The number of epoxide rings is 1. The van der Waals surface area contributed by atoms with Crippen LogP contribution in [0.3, 0.4) is 0 Å². The van der Waals surface area contributed by atoms with Crippen LogP contribution in [-0.4, -0.2) is 31.4 Å². The minimum atomic E-state index is -0.654. The fraction of sp³-hybridized carbons (Fsp3) is 0.611. The molecule has 0 amide bonds. The predicted molar refractivity (Wildman–Crippen MR) is 85.1 cm³/mol. The molecule has 0 spiro atoms. The van der Waals surface area contributed by atoms with Gasteiger partial charge in [-0.15, -0.1) is 0 Å². The van der Waals surface area contributed by atoms with E-state index < -0.39 is 5.60 Å². The third-order valence-electron chi connectivity index (χ3n) is 3.88. The van der Waals surface area contributed by atoms with E-state index in [-0.39, 0.29) is 5.97 Å². The standard InChI is InChI=1S/C18H26O4/c1-3-5-13-21-16-10-8-15(9-11-16)7-6-12-18(14-22-18)17(19)20-4-2/h8-11H,3-7,12-14H2,1-2H3. The van der Waals surface area contributed by atoms with Crippen LogP contribution in [0, 0.1) is 0 Å². The average molecular weight is 306 g/mol. The Morgan fingerprint density at radius 1 is 1.23 bits per heavy atom. The van der Waals surface area contributed by atoms with E-state index in [0.717, 1.165) is 44.5 Å². The van der Waals surface area contributed by atoms with Gasteiger partial charge in [-0.25, -0.2) is 4.79 Å². The summed E-state index contributed by atoms with van der Waals surface area (Å²) >= 11 is 0. The zero-order chi connectivity index (χ0) is 15.8. The number of carbonyl (C=O) groups is 1. The molecule has 1 heterocycles. The first kappa shape index (κ1) is 16.8. The van der Waals surface area contributed by atoms with Crippen molar-refractivity contribution in [1.82, 2.24) is 0 Å². The number of esters is 1. The Labute approximate surface area is 132 Å². The lowest BCUT2D eigenvalue weighted by molar-refractivity contribution is -0.149. The first-order valence-corrected chi connectivity index (χ1v) is 8.23. The zero-order valence-electron chi connectivity index (χ0n) is 13.6. The topological polar surface area (TPSA) is 48.1 Å². The highest BCUT2D eigenvalue weighted by molar-refractivity contribution is 5.82. The van der Waals surface area contributed by atoms with Crippen LogP contribution < -0.4 is 4.74 Å². The van der Waals surface area contributed by atoms with Crippen LogP contribution in [0.5, 0.6) is 5.75 Å². The van der Waals surface area contributed by atoms with Crippen molar-refractivity contribution in [2.24, 2.45) is 0 Å². The molecule has 122 valence electrons.